The number of hydrogen-bond acceptors (Lipinski definition) is 5. The number of rotatable bonds is 5. The predicted octanol–water partition coefficient (Wildman–Crippen LogP) is 6.87. The number of benzene rings is 1. The number of aromatic nitrogens is 5. The minimum atomic E-state index is 0.306. The summed E-state index contributed by atoms with van der Waals surface area (Å²) in [5, 5.41) is 10.2. The second-order valence-corrected chi connectivity index (χ2v) is 10.4. The van der Waals surface area contributed by atoms with Gasteiger partial charge in [-0.2, -0.15) is 5.10 Å². The Hall–Kier alpha value is -3.87. The topological polar surface area (TPSA) is 82.7 Å². The zero-order chi connectivity index (χ0) is 24.6. The van der Waals surface area contributed by atoms with Gasteiger partial charge in [0.1, 0.15) is 17.3 Å². The van der Waals surface area contributed by atoms with E-state index in [0.29, 0.717) is 6.10 Å². The van der Waals surface area contributed by atoms with Crippen molar-refractivity contribution in [2.75, 3.05) is 18.0 Å². The summed E-state index contributed by atoms with van der Waals surface area (Å²) in [6.45, 7) is 2.14. The third kappa shape index (κ3) is 4.32. The van der Waals surface area contributed by atoms with Crippen molar-refractivity contribution in [3.63, 3.8) is 0 Å². The van der Waals surface area contributed by atoms with Crippen LogP contribution in [-0.2, 0) is 0 Å². The molecule has 1 aliphatic carbocycles. The Kier molecular flexibility index (Phi) is 5.76. The molecular formula is C30H32N6O. The number of nitrogens with zero attached hydrogens (tertiary/aromatic N) is 4. The van der Waals surface area contributed by atoms with Crippen LogP contribution in [0, 0.1) is 0 Å². The number of pyridine rings is 2. The van der Waals surface area contributed by atoms with Crippen LogP contribution in [0.15, 0.2) is 55.0 Å². The van der Waals surface area contributed by atoms with Crippen molar-refractivity contribution >= 4 is 27.6 Å². The maximum Gasteiger partial charge on any atom is 0.138 e. The minimum Gasteiger partial charge on any atom is -0.489 e. The van der Waals surface area contributed by atoms with Gasteiger partial charge in [-0.25, -0.2) is 4.98 Å². The first-order chi connectivity index (χ1) is 18.3. The van der Waals surface area contributed by atoms with Crippen molar-refractivity contribution in [3.8, 4) is 28.3 Å². The second-order valence-electron chi connectivity index (χ2n) is 10.4. The molecule has 2 N–H and O–H groups in total. The monoisotopic (exact) mass is 492 g/mol. The normalized spacial score (nSPS) is 17.0. The number of H-pyrrole nitrogens is 2. The number of anilines is 1. The summed E-state index contributed by atoms with van der Waals surface area (Å²) >= 11 is 0. The van der Waals surface area contributed by atoms with E-state index < -0.39 is 0 Å². The Labute approximate surface area is 216 Å². The molecule has 5 aromatic rings. The van der Waals surface area contributed by atoms with E-state index in [0.717, 1.165) is 81.8 Å². The highest BCUT2D eigenvalue weighted by Gasteiger charge is 2.19. The van der Waals surface area contributed by atoms with Crippen molar-refractivity contribution in [1.29, 1.82) is 0 Å². The van der Waals surface area contributed by atoms with Crippen LogP contribution in [0.4, 0.5) is 5.82 Å². The number of nitrogens with one attached hydrogen (secondary N) is 2. The maximum atomic E-state index is 6.28. The van der Waals surface area contributed by atoms with Crippen LogP contribution in [0.3, 0.4) is 0 Å². The van der Waals surface area contributed by atoms with Crippen molar-refractivity contribution in [3.05, 3.63) is 55.0 Å². The Bertz CT molecular complexity index is 1540. The van der Waals surface area contributed by atoms with E-state index in [4.69, 9.17) is 14.8 Å². The minimum absolute atomic E-state index is 0.306. The van der Waals surface area contributed by atoms with E-state index in [1.807, 2.05) is 18.6 Å². The zero-order valence-corrected chi connectivity index (χ0v) is 21.0. The van der Waals surface area contributed by atoms with Crippen molar-refractivity contribution in [1.82, 2.24) is 25.1 Å². The number of fused-ring (bicyclic) bond motifs is 2. The summed E-state index contributed by atoms with van der Waals surface area (Å²) in [6, 6.07) is 12.8. The molecule has 7 nitrogen and oxygen atoms in total. The number of hydrogen-bond donors (Lipinski definition) is 2. The third-order valence-electron chi connectivity index (χ3n) is 7.90. The van der Waals surface area contributed by atoms with Gasteiger partial charge < -0.3 is 14.6 Å². The fraction of sp³-hybridized carbons (Fsp3) is 0.367. The van der Waals surface area contributed by atoms with E-state index in [9.17, 15) is 0 Å². The molecule has 1 aromatic carbocycles. The van der Waals surface area contributed by atoms with Gasteiger partial charge >= 0.3 is 0 Å². The number of ether oxygens (including phenoxy) is 1. The molecule has 1 saturated carbocycles. The average Bonchev–Trinajstić information content (AvgIpc) is 3.58. The summed E-state index contributed by atoms with van der Waals surface area (Å²) in [5.74, 6) is 1.92. The quantitative estimate of drug-likeness (QED) is 0.280. The Morgan fingerprint density at radius 3 is 2.57 bits per heavy atom. The lowest BCUT2D eigenvalue weighted by molar-refractivity contribution is 0.154. The van der Waals surface area contributed by atoms with Crippen LogP contribution < -0.4 is 9.64 Å². The molecule has 2 aliphatic rings. The highest BCUT2D eigenvalue weighted by molar-refractivity contribution is 6.00. The zero-order valence-electron chi connectivity index (χ0n) is 21.0. The summed E-state index contributed by atoms with van der Waals surface area (Å²) in [4.78, 5) is 15.3. The summed E-state index contributed by atoms with van der Waals surface area (Å²) in [6.07, 6.45) is 15.8. The lowest BCUT2D eigenvalue weighted by atomic mass is 9.98. The van der Waals surface area contributed by atoms with Crippen LogP contribution in [0.25, 0.3) is 44.3 Å². The van der Waals surface area contributed by atoms with E-state index >= 15 is 0 Å². The smallest absolute Gasteiger partial charge is 0.138 e. The molecule has 0 spiro atoms. The second kappa shape index (κ2) is 9.54. The van der Waals surface area contributed by atoms with Gasteiger partial charge in [-0.1, -0.05) is 12.5 Å². The van der Waals surface area contributed by atoms with E-state index in [1.165, 1.54) is 38.5 Å². The van der Waals surface area contributed by atoms with Gasteiger partial charge in [0, 0.05) is 41.8 Å². The van der Waals surface area contributed by atoms with Gasteiger partial charge in [-0.15, -0.1) is 0 Å². The van der Waals surface area contributed by atoms with Crippen LogP contribution in [0.5, 0.6) is 5.75 Å². The standard InChI is InChI=1S/C30H32N6O/c1-3-7-22(8-4-1)37-23-15-21(18-31-19-23)20-9-10-27-24(16-20)29(35-34-27)28-17-25-26(33-28)11-12-32-30(25)36-13-5-2-6-14-36/h9-12,15-19,22,33H,1-8,13-14H2,(H,34,35). The van der Waals surface area contributed by atoms with Gasteiger partial charge in [0.2, 0.25) is 0 Å². The molecule has 0 amide bonds. The third-order valence-corrected chi connectivity index (χ3v) is 7.90. The van der Waals surface area contributed by atoms with E-state index in [1.54, 1.807) is 0 Å². The highest BCUT2D eigenvalue weighted by Crippen LogP contribution is 2.35. The van der Waals surface area contributed by atoms with Crippen LogP contribution in [-0.4, -0.2) is 44.3 Å². The number of piperidine rings is 1. The molecule has 2 fully saturated rings. The molecular weight excluding hydrogens is 460 g/mol. The molecule has 0 unspecified atom stereocenters. The van der Waals surface area contributed by atoms with E-state index in [2.05, 4.69) is 56.4 Å². The summed E-state index contributed by atoms with van der Waals surface area (Å²) < 4.78 is 6.28. The van der Waals surface area contributed by atoms with Gasteiger partial charge in [-0.05, 0) is 80.8 Å². The first-order valence-electron chi connectivity index (χ1n) is 13.6. The van der Waals surface area contributed by atoms with Gasteiger partial charge in [0.15, 0.2) is 0 Å². The highest BCUT2D eigenvalue weighted by atomic mass is 16.5. The molecule has 5 heterocycles. The molecule has 0 radical (unpaired) electrons. The van der Waals surface area contributed by atoms with Crippen LogP contribution >= 0.6 is 0 Å². The molecule has 1 saturated heterocycles. The molecule has 0 bridgehead atoms. The van der Waals surface area contributed by atoms with Crippen molar-refractivity contribution < 1.29 is 4.74 Å². The number of aromatic amines is 2. The average molecular weight is 493 g/mol. The first-order valence-corrected chi connectivity index (χ1v) is 13.6. The summed E-state index contributed by atoms with van der Waals surface area (Å²) in [5.41, 5.74) is 6.17. The first kappa shape index (κ1) is 22.3. The van der Waals surface area contributed by atoms with Crippen molar-refractivity contribution in [2.45, 2.75) is 57.5 Å². The fourth-order valence-corrected chi connectivity index (χ4v) is 5.94. The lowest BCUT2D eigenvalue weighted by Crippen LogP contribution is -2.30. The Morgan fingerprint density at radius 1 is 0.811 bits per heavy atom. The Morgan fingerprint density at radius 2 is 1.68 bits per heavy atom. The van der Waals surface area contributed by atoms with E-state index in [-0.39, 0.29) is 0 Å². The van der Waals surface area contributed by atoms with Crippen LogP contribution in [0.1, 0.15) is 51.4 Å². The maximum absolute atomic E-state index is 6.28. The van der Waals surface area contributed by atoms with Crippen molar-refractivity contribution in [2.24, 2.45) is 0 Å². The predicted molar refractivity (Wildman–Crippen MR) is 148 cm³/mol. The van der Waals surface area contributed by atoms with Gasteiger partial charge in [0.25, 0.3) is 0 Å². The summed E-state index contributed by atoms with van der Waals surface area (Å²) in [7, 11) is 0. The molecule has 0 atom stereocenters. The van der Waals surface area contributed by atoms with Gasteiger partial charge in [-0.3, -0.25) is 10.1 Å². The van der Waals surface area contributed by atoms with Gasteiger partial charge in [0.05, 0.1) is 29.0 Å². The molecule has 1 aliphatic heterocycles. The molecule has 188 valence electrons. The molecule has 37 heavy (non-hydrogen) atoms. The molecule has 7 heteroatoms. The lowest BCUT2D eigenvalue weighted by Gasteiger charge is -2.28. The molecule has 4 aromatic heterocycles. The molecule has 7 rings (SSSR count). The Balaban J connectivity index is 1.23. The largest absolute Gasteiger partial charge is 0.489 e. The SMILES string of the molecule is c1cc2[nH]c(-c3n[nH]c4ccc(-c5cncc(OC6CCCCC6)c5)cc34)cc2c(N2CCCCC2)n1. The fourth-order valence-electron chi connectivity index (χ4n) is 5.94. The van der Waals surface area contributed by atoms with Crippen LogP contribution in [0.2, 0.25) is 0 Å².